The van der Waals surface area contributed by atoms with E-state index in [2.05, 4.69) is 46.9 Å². The van der Waals surface area contributed by atoms with Crippen molar-refractivity contribution in [2.45, 2.75) is 9.56 Å². The molecule has 1 atom stereocenters. The zero-order valence-corrected chi connectivity index (χ0v) is 5.96. The maximum atomic E-state index is 2.52. The first-order chi connectivity index (χ1) is 1.73. The van der Waals surface area contributed by atoms with Gasteiger partial charge in [-0.1, -0.05) is 0 Å². The van der Waals surface area contributed by atoms with Crippen LogP contribution < -0.4 is 0 Å². The van der Waals surface area contributed by atoms with Crippen LogP contribution in [0, 0.1) is 0 Å². The van der Waals surface area contributed by atoms with Crippen LogP contribution in [0.4, 0.5) is 0 Å². The van der Waals surface area contributed by atoms with Crippen LogP contribution in [0.3, 0.4) is 0 Å². The van der Waals surface area contributed by atoms with Crippen LogP contribution in [-0.4, -0.2) is 2.64 Å². The summed E-state index contributed by atoms with van der Waals surface area (Å²) in [7, 11) is 0. The van der Waals surface area contributed by atoms with E-state index in [9.17, 15) is 0 Å². The van der Waals surface area contributed by atoms with Gasteiger partial charge in [0.1, 0.15) is 0 Å². The average molecular weight is 206 g/mol. The van der Waals surface area contributed by atoms with Crippen molar-refractivity contribution < 1.29 is 17.4 Å². The van der Waals surface area contributed by atoms with Gasteiger partial charge < -0.3 is 0 Å². The molecular weight excluding hydrogens is 202 g/mol. The Morgan fingerprint density at radius 3 is 2.00 bits per heavy atom. The van der Waals surface area contributed by atoms with E-state index in [0.717, 1.165) is 2.64 Å². The number of hydrogen-bond donors (Lipinski definition) is 0. The molecular formula is C2H4IV. The fourth-order valence-electron chi connectivity index (χ4n) is 0. The van der Waals surface area contributed by atoms with Gasteiger partial charge in [0.2, 0.25) is 0 Å². The van der Waals surface area contributed by atoms with Crippen LogP contribution >= 0.6 is 22.6 Å². The molecule has 0 saturated carbocycles. The molecule has 0 aliphatic carbocycles. The molecule has 24 valence electrons. The maximum absolute atomic E-state index is 2.52. The fraction of sp³-hybridized carbons (Fsp3) is 1.00. The summed E-state index contributed by atoms with van der Waals surface area (Å²) >= 11 is 4.84. The van der Waals surface area contributed by atoms with Crippen molar-refractivity contribution in [1.29, 1.82) is 0 Å². The molecule has 0 fully saturated rings. The van der Waals surface area contributed by atoms with Gasteiger partial charge in [-0.3, -0.25) is 0 Å². The SMILES string of the molecule is C[CH]([V])I. The van der Waals surface area contributed by atoms with Crippen molar-refractivity contribution >= 4 is 22.6 Å². The van der Waals surface area contributed by atoms with Crippen LogP contribution in [0.5, 0.6) is 0 Å². The van der Waals surface area contributed by atoms with E-state index in [1.54, 1.807) is 0 Å². The van der Waals surface area contributed by atoms with Crippen molar-refractivity contribution in [2.24, 2.45) is 0 Å². The third-order valence-corrected chi connectivity index (χ3v) is 0. The van der Waals surface area contributed by atoms with Gasteiger partial charge in [-0.05, 0) is 0 Å². The molecule has 0 N–H and O–H groups in total. The van der Waals surface area contributed by atoms with E-state index in [0.29, 0.717) is 0 Å². The minimum absolute atomic E-state index is 0.741. The van der Waals surface area contributed by atoms with Gasteiger partial charge in [0.25, 0.3) is 0 Å². The van der Waals surface area contributed by atoms with Gasteiger partial charge in [0.05, 0.1) is 0 Å². The summed E-state index contributed by atoms with van der Waals surface area (Å²) in [6, 6.07) is 0. The van der Waals surface area contributed by atoms with Crippen molar-refractivity contribution in [1.82, 2.24) is 0 Å². The Labute approximate surface area is 49.5 Å². The molecule has 0 spiro atoms. The molecule has 0 aromatic rings. The van der Waals surface area contributed by atoms with Gasteiger partial charge in [-0.25, -0.2) is 0 Å². The van der Waals surface area contributed by atoms with Crippen LogP contribution in [0.25, 0.3) is 0 Å². The van der Waals surface area contributed by atoms with Crippen LogP contribution in [-0.2, 0) is 17.4 Å². The standard InChI is InChI=1S/C2H4I.V/c1-2-3;/h2H,1H3;. The summed E-state index contributed by atoms with van der Waals surface area (Å²) in [6.07, 6.45) is 0. The predicted octanol–water partition coefficient (Wildman–Crippen LogP) is 1.31. The minimum atomic E-state index is 0.741. The summed E-state index contributed by atoms with van der Waals surface area (Å²) in [5.41, 5.74) is 0. The van der Waals surface area contributed by atoms with E-state index >= 15 is 0 Å². The number of hydrogen-bond acceptors (Lipinski definition) is 0. The molecule has 0 aromatic heterocycles. The molecule has 0 radical (unpaired) electrons. The average Bonchev–Trinajstić information content (AvgIpc) is 0.811. The molecule has 0 amide bonds. The molecule has 0 heterocycles. The van der Waals surface area contributed by atoms with Crippen LogP contribution in [0.1, 0.15) is 6.92 Å². The molecule has 0 nitrogen and oxygen atoms in total. The second-order valence-corrected chi connectivity index (χ2v) is 5.23. The Bertz CT molecular complexity index is 10.8. The number of halogens is 1. The quantitative estimate of drug-likeness (QED) is 0.414. The third-order valence-electron chi connectivity index (χ3n) is 0. The molecule has 0 rings (SSSR count). The summed E-state index contributed by atoms with van der Waals surface area (Å²) < 4.78 is 0.741. The Kier molecular flexibility index (Phi) is 3.38. The predicted molar refractivity (Wildman–Crippen MR) is 23.5 cm³/mol. The molecule has 4 heavy (non-hydrogen) atoms. The van der Waals surface area contributed by atoms with Crippen molar-refractivity contribution in [3.63, 3.8) is 0 Å². The normalized spacial score (nSPS) is 15.5. The van der Waals surface area contributed by atoms with E-state index in [-0.39, 0.29) is 0 Å². The summed E-state index contributed by atoms with van der Waals surface area (Å²) in [5.74, 6) is 0. The zero-order chi connectivity index (χ0) is 3.58. The molecule has 0 bridgehead atoms. The number of alkyl halides is 1. The van der Waals surface area contributed by atoms with Crippen molar-refractivity contribution in [3.8, 4) is 0 Å². The van der Waals surface area contributed by atoms with Crippen molar-refractivity contribution in [3.05, 3.63) is 0 Å². The molecule has 0 aliphatic rings. The van der Waals surface area contributed by atoms with Gasteiger partial charge in [0.15, 0.2) is 0 Å². The monoisotopic (exact) mass is 206 g/mol. The molecule has 2 heteroatoms. The van der Waals surface area contributed by atoms with Gasteiger partial charge >= 0.3 is 49.6 Å². The molecule has 0 aromatic carbocycles. The Morgan fingerprint density at radius 2 is 2.00 bits per heavy atom. The Hall–Kier alpha value is 1.31. The number of rotatable bonds is 0. The second kappa shape index (κ2) is 2.55. The first-order valence-electron chi connectivity index (χ1n) is 1.05. The molecule has 0 saturated heterocycles. The Balaban J connectivity index is 2.32. The summed E-state index contributed by atoms with van der Waals surface area (Å²) in [5, 5.41) is 0. The van der Waals surface area contributed by atoms with E-state index < -0.39 is 0 Å². The fourth-order valence-corrected chi connectivity index (χ4v) is 0. The van der Waals surface area contributed by atoms with Gasteiger partial charge in [-0.2, -0.15) is 0 Å². The topological polar surface area (TPSA) is 0 Å². The van der Waals surface area contributed by atoms with Crippen molar-refractivity contribution in [2.75, 3.05) is 0 Å². The van der Waals surface area contributed by atoms with E-state index in [4.69, 9.17) is 0 Å². The van der Waals surface area contributed by atoms with Gasteiger partial charge in [0, 0.05) is 0 Å². The first-order valence-corrected chi connectivity index (χ1v) is 3.11. The third kappa shape index (κ3) is 10.3. The summed E-state index contributed by atoms with van der Waals surface area (Å²) in [4.78, 5) is 0. The zero-order valence-electron chi connectivity index (χ0n) is 2.40. The second-order valence-electron chi connectivity index (χ2n) is 0.574. The van der Waals surface area contributed by atoms with Crippen LogP contribution in [0.15, 0.2) is 0 Å². The molecule has 0 aliphatic heterocycles. The first kappa shape index (κ1) is 5.31. The summed E-state index contributed by atoms with van der Waals surface area (Å²) in [6.45, 7) is 2.13. The van der Waals surface area contributed by atoms with Crippen LogP contribution in [0.2, 0.25) is 0 Å². The van der Waals surface area contributed by atoms with Gasteiger partial charge in [-0.15, -0.1) is 0 Å². The molecule has 1 unspecified atom stereocenters. The Morgan fingerprint density at radius 1 is 2.00 bits per heavy atom. The van der Waals surface area contributed by atoms with E-state index in [1.165, 1.54) is 0 Å². The van der Waals surface area contributed by atoms with E-state index in [1.807, 2.05) is 0 Å².